The molecule has 17 heteroatoms. The fourth-order valence-electron chi connectivity index (χ4n) is 14.9. The molecule has 668 valence electrons. The van der Waals surface area contributed by atoms with Crippen molar-refractivity contribution in [2.45, 2.75) is 474 Å². The van der Waals surface area contributed by atoms with E-state index in [1.807, 2.05) is 24.3 Å². The zero-order valence-electron chi connectivity index (χ0n) is 75.2. The van der Waals surface area contributed by atoms with Gasteiger partial charge in [-0.25, -0.2) is 36.0 Å². The zero-order valence-corrected chi connectivity index (χ0v) is 79.1. The number of rotatable bonds is 82. The van der Waals surface area contributed by atoms with E-state index in [0.29, 0.717) is 25.7 Å². The third-order valence-corrected chi connectivity index (χ3v) is 23.8. The second-order valence-corrected chi connectivity index (χ2v) is 35.5. The minimum Gasteiger partial charge on any atom is -0.744 e. The number of hydrogen-bond acceptors (Lipinski definition) is 14. The monoisotopic (exact) mass is 1700 g/mol. The maximum absolute atomic E-state index is 13.0. The molecule has 117 heavy (non-hydrogen) atoms. The molecule has 0 saturated carbocycles. The number of carbonyl (C=O) groups is 4. The predicted molar refractivity (Wildman–Crippen MR) is 489 cm³/mol. The van der Waals surface area contributed by atoms with Crippen molar-refractivity contribution in [3.05, 3.63) is 107 Å². The predicted octanol–water partition coefficient (Wildman–Crippen LogP) is 30.3. The first-order valence-corrected chi connectivity index (χ1v) is 50.9. The van der Waals surface area contributed by atoms with Crippen molar-refractivity contribution in [1.29, 1.82) is 0 Å². The second-order valence-electron chi connectivity index (χ2n) is 32.8. The molecule has 0 heterocycles. The molecule has 2 rings (SSSR count). The first-order chi connectivity index (χ1) is 56.6. The molecule has 0 spiro atoms. The second kappa shape index (κ2) is 84.6. The summed E-state index contributed by atoms with van der Waals surface area (Å²) in [5.41, 5.74) is -1.69. The van der Waals surface area contributed by atoms with E-state index in [-0.39, 0.29) is 75.3 Å². The molecular formula is C100H170CaO14S2. The van der Waals surface area contributed by atoms with E-state index in [1.54, 1.807) is 0 Å². The number of unbranched alkanes of at least 4 members (excludes halogenated alkanes) is 60. The maximum Gasteiger partial charge on any atom is 2.00 e. The van der Waals surface area contributed by atoms with E-state index < -0.39 is 65.0 Å². The Balaban J connectivity index is 0.00000228. The average Bonchev–Trinajstić information content (AvgIpc) is 0.796. The third-order valence-electron chi connectivity index (χ3n) is 22.1. The summed E-state index contributed by atoms with van der Waals surface area (Å²) < 4.78 is 93.4. The molecule has 0 N–H and O–H groups in total. The molecule has 0 atom stereocenters. The van der Waals surface area contributed by atoms with Gasteiger partial charge < -0.3 is 28.1 Å². The minimum atomic E-state index is -5.04. The van der Waals surface area contributed by atoms with Gasteiger partial charge in [-0.2, -0.15) is 0 Å². The molecule has 2 aromatic carbocycles. The summed E-state index contributed by atoms with van der Waals surface area (Å²) in [6.45, 7) is 9.21. The zero-order chi connectivity index (χ0) is 84.4. The van der Waals surface area contributed by atoms with Crippen molar-refractivity contribution in [3.8, 4) is 0 Å². The van der Waals surface area contributed by atoms with E-state index in [1.165, 1.54) is 384 Å². The number of benzene rings is 2. The third kappa shape index (κ3) is 69.5. The van der Waals surface area contributed by atoms with Crippen LogP contribution in [0, 0.1) is 0 Å². The van der Waals surface area contributed by atoms with Crippen LogP contribution in [0.15, 0.2) is 94.8 Å². The van der Waals surface area contributed by atoms with E-state index >= 15 is 0 Å². The summed E-state index contributed by atoms with van der Waals surface area (Å²) in [5.74, 6) is -3.78. The van der Waals surface area contributed by atoms with Gasteiger partial charge in [-0.1, -0.05) is 448 Å². The SMILES string of the molecule is CCCCCCCCCCCCCCCCC/C=C/CCOC(=O)c1cccc(S(=O)(=O)[O-])c1C(=O)OCC/C=C/CCCCCCCCCCCCCCCCC.CCCCCCCCCCCCCCCCC/C=C/CCOC(=O)c1cccc(S(=O)(=O)[O-])c1C(=O)OCC/C=C/CCCCCCCCCCCCCCCCC.[Ca+2]. The van der Waals surface area contributed by atoms with E-state index in [9.17, 15) is 45.1 Å². The van der Waals surface area contributed by atoms with Crippen molar-refractivity contribution < 1.29 is 64.1 Å². The Morgan fingerprint density at radius 1 is 0.239 bits per heavy atom. The Kier molecular flexibility index (Phi) is 81.9. The summed E-state index contributed by atoms with van der Waals surface area (Å²) in [7, 11) is -10.1. The van der Waals surface area contributed by atoms with Crippen LogP contribution in [0.25, 0.3) is 0 Å². The van der Waals surface area contributed by atoms with E-state index in [4.69, 9.17) is 18.9 Å². The number of allylic oxidation sites excluding steroid dienone is 4. The van der Waals surface area contributed by atoms with Crippen LogP contribution in [-0.2, 0) is 39.2 Å². The number of esters is 4. The standard InChI is InChI=1S/2C50H86O7S.Ca/c2*1-3-5-7-9-11-13-15-17-19-21-23-25-27-29-31-33-35-37-39-44-56-49(51)46-42-41-43-47(58(53,54)55)48(46)50(52)57-45-40-38-36-34-32-30-28-26-24-22-20-18-16-14-12-10-8-6-4-2;/h2*35-38,41-43H,3-34,39-40,44-45H2,1-2H3,(H,53,54,55);/q;;+2/p-2/b2*37-35+,38-36+;. The Bertz CT molecular complexity index is 2810. The minimum absolute atomic E-state index is 0. The number of ether oxygens (including phenoxy) is 4. The molecule has 0 amide bonds. The molecular weight excluding hydrogens is 1530 g/mol. The molecule has 0 unspecified atom stereocenters. The fraction of sp³-hybridized carbons (Fsp3) is 0.760. The van der Waals surface area contributed by atoms with Gasteiger partial charge >= 0.3 is 61.6 Å². The molecule has 0 aliphatic carbocycles. The van der Waals surface area contributed by atoms with Crippen LogP contribution in [0.3, 0.4) is 0 Å². The molecule has 14 nitrogen and oxygen atoms in total. The summed E-state index contributed by atoms with van der Waals surface area (Å²) >= 11 is 0. The van der Waals surface area contributed by atoms with E-state index in [0.717, 1.165) is 63.5 Å². The van der Waals surface area contributed by atoms with Crippen LogP contribution in [0.2, 0.25) is 0 Å². The molecule has 0 aliphatic rings. The Morgan fingerprint density at radius 2 is 0.393 bits per heavy atom. The van der Waals surface area contributed by atoms with Gasteiger partial charge in [0.2, 0.25) is 0 Å². The van der Waals surface area contributed by atoms with Gasteiger partial charge in [0.05, 0.1) is 58.5 Å². The van der Waals surface area contributed by atoms with Crippen LogP contribution in [0.4, 0.5) is 0 Å². The van der Waals surface area contributed by atoms with Gasteiger partial charge in [-0.15, -0.1) is 0 Å². The van der Waals surface area contributed by atoms with Crippen LogP contribution < -0.4 is 0 Å². The normalized spacial score (nSPS) is 11.8. The van der Waals surface area contributed by atoms with Crippen LogP contribution in [-0.4, -0.2) is 114 Å². The van der Waals surface area contributed by atoms with Gasteiger partial charge in [0.15, 0.2) is 0 Å². The van der Waals surface area contributed by atoms with Gasteiger partial charge in [0.25, 0.3) is 0 Å². The summed E-state index contributed by atoms with van der Waals surface area (Å²) in [6.07, 6.45) is 102. The van der Waals surface area contributed by atoms with Crippen molar-refractivity contribution in [3.63, 3.8) is 0 Å². The molecule has 0 bridgehead atoms. The van der Waals surface area contributed by atoms with Gasteiger partial charge in [0.1, 0.15) is 20.2 Å². The van der Waals surface area contributed by atoms with Crippen molar-refractivity contribution in [1.82, 2.24) is 0 Å². The summed E-state index contributed by atoms with van der Waals surface area (Å²) in [4.78, 5) is 50.4. The molecule has 0 aliphatic heterocycles. The van der Waals surface area contributed by atoms with Crippen LogP contribution in [0.1, 0.15) is 506 Å². The average molecular weight is 1700 g/mol. The Hall–Kier alpha value is -3.64. The molecule has 0 aromatic heterocycles. The topological polar surface area (TPSA) is 220 Å². The molecule has 2 aromatic rings. The first kappa shape index (κ1) is 113. The van der Waals surface area contributed by atoms with Gasteiger partial charge in [-0.3, -0.25) is 0 Å². The summed E-state index contributed by atoms with van der Waals surface area (Å²) in [5, 5.41) is 0. The maximum atomic E-state index is 13.0. The molecule has 0 radical (unpaired) electrons. The fourth-order valence-corrected chi connectivity index (χ4v) is 16.3. The van der Waals surface area contributed by atoms with Crippen molar-refractivity contribution in [2.75, 3.05) is 26.4 Å². The first-order valence-electron chi connectivity index (χ1n) is 48.1. The Labute approximate surface area is 747 Å². The van der Waals surface area contributed by atoms with Gasteiger partial charge in [0, 0.05) is 0 Å². The largest absolute Gasteiger partial charge is 2.00 e. The molecule has 0 saturated heterocycles. The molecule has 0 fully saturated rings. The smallest absolute Gasteiger partial charge is 0.744 e. The van der Waals surface area contributed by atoms with Gasteiger partial charge in [-0.05, 0) is 101 Å². The number of hydrogen-bond donors (Lipinski definition) is 0. The quantitative estimate of drug-likeness (QED) is 0.0150. The summed E-state index contributed by atoms with van der Waals surface area (Å²) in [6, 6.07) is 7.14. The van der Waals surface area contributed by atoms with Crippen molar-refractivity contribution in [2.24, 2.45) is 0 Å². The van der Waals surface area contributed by atoms with E-state index in [2.05, 4.69) is 52.0 Å². The number of carbonyl (C=O) groups excluding carboxylic acids is 4. The van der Waals surface area contributed by atoms with Crippen LogP contribution in [0.5, 0.6) is 0 Å². The van der Waals surface area contributed by atoms with Crippen molar-refractivity contribution >= 4 is 81.9 Å². The van der Waals surface area contributed by atoms with Crippen LogP contribution >= 0.6 is 0 Å². The Morgan fingerprint density at radius 3 is 0.564 bits per heavy atom.